The van der Waals surface area contributed by atoms with Crippen LogP contribution in [0.4, 0.5) is 5.69 Å². The third kappa shape index (κ3) is 3.30. The highest BCUT2D eigenvalue weighted by Crippen LogP contribution is 2.30. The van der Waals surface area contributed by atoms with Gasteiger partial charge in [-0.05, 0) is 44.0 Å². The molecule has 0 radical (unpaired) electrons. The van der Waals surface area contributed by atoms with E-state index < -0.39 is 0 Å². The summed E-state index contributed by atoms with van der Waals surface area (Å²) in [5.41, 5.74) is 3.63. The van der Waals surface area contributed by atoms with E-state index in [4.69, 9.17) is 11.6 Å². The molecule has 2 aromatic carbocycles. The highest BCUT2D eigenvalue weighted by molar-refractivity contribution is 6.21. The second-order valence-electron chi connectivity index (χ2n) is 4.91. The number of nitrogens with zero attached hydrogens (tertiary/aromatic N) is 1. The van der Waals surface area contributed by atoms with E-state index in [0.717, 1.165) is 0 Å². The Balaban J connectivity index is 2.36. The predicted molar refractivity (Wildman–Crippen MR) is 83.8 cm³/mol. The average Bonchev–Trinajstić information content (AvgIpc) is 2.39. The molecule has 2 atom stereocenters. The maximum Gasteiger partial charge on any atom is 0.101 e. The van der Waals surface area contributed by atoms with Crippen LogP contribution in [0, 0.1) is 6.92 Å². The van der Waals surface area contributed by atoms with Gasteiger partial charge in [0.15, 0.2) is 0 Å². The van der Waals surface area contributed by atoms with Gasteiger partial charge in [0.1, 0.15) is 5.50 Å². The summed E-state index contributed by atoms with van der Waals surface area (Å²) in [6, 6.07) is 19.2. The predicted octanol–water partition coefficient (Wildman–Crippen LogP) is 5.15. The number of hydrogen-bond donors (Lipinski definition) is 0. The fraction of sp³-hybridized carbons (Fsp3) is 0.294. The lowest BCUT2D eigenvalue weighted by Crippen LogP contribution is -2.32. The van der Waals surface area contributed by atoms with Crippen molar-refractivity contribution >= 4 is 17.3 Å². The van der Waals surface area contributed by atoms with Gasteiger partial charge in [0.2, 0.25) is 0 Å². The molecular formula is C17H20ClN. The van der Waals surface area contributed by atoms with Crippen molar-refractivity contribution in [2.24, 2.45) is 0 Å². The lowest BCUT2D eigenvalue weighted by molar-refractivity contribution is 0.661. The number of anilines is 1. The third-order valence-corrected chi connectivity index (χ3v) is 3.59. The maximum atomic E-state index is 6.40. The Bertz CT molecular complexity index is 522. The zero-order valence-electron chi connectivity index (χ0n) is 11.7. The van der Waals surface area contributed by atoms with Crippen LogP contribution in [0.25, 0.3) is 0 Å². The van der Waals surface area contributed by atoms with E-state index in [9.17, 15) is 0 Å². The van der Waals surface area contributed by atoms with Crippen LogP contribution in [0.3, 0.4) is 0 Å². The Morgan fingerprint density at radius 1 is 0.947 bits per heavy atom. The lowest BCUT2D eigenvalue weighted by Gasteiger charge is -2.34. The quantitative estimate of drug-likeness (QED) is 0.550. The minimum Gasteiger partial charge on any atom is -0.349 e. The Kier molecular flexibility index (Phi) is 4.49. The van der Waals surface area contributed by atoms with Gasteiger partial charge in [0.05, 0.1) is 6.04 Å². The van der Waals surface area contributed by atoms with Gasteiger partial charge in [0, 0.05) is 5.69 Å². The zero-order valence-corrected chi connectivity index (χ0v) is 12.4. The summed E-state index contributed by atoms with van der Waals surface area (Å²) in [5.74, 6) is 0. The molecule has 2 aromatic rings. The van der Waals surface area contributed by atoms with E-state index >= 15 is 0 Å². The number of hydrogen-bond acceptors (Lipinski definition) is 1. The van der Waals surface area contributed by atoms with Gasteiger partial charge in [-0.2, -0.15) is 0 Å². The van der Waals surface area contributed by atoms with Gasteiger partial charge in [-0.1, -0.05) is 54.1 Å². The van der Waals surface area contributed by atoms with Crippen molar-refractivity contribution in [2.45, 2.75) is 32.3 Å². The highest BCUT2D eigenvalue weighted by Gasteiger charge is 2.20. The van der Waals surface area contributed by atoms with E-state index in [1.54, 1.807) is 0 Å². The first-order chi connectivity index (χ1) is 9.09. The monoisotopic (exact) mass is 273 g/mol. The van der Waals surface area contributed by atoms with Crippen LogP contribution in [-0.2, 0) is 0 Å². The fourth-order valence-electron chi connectivity index (χ4n) is 2.42. The van der Waals surface area contributed by atoms with Crippen molar-refractivity contribution in [2.75, 3.05) is 4.90 Å². The summed E-state index contributed by atoms with van der Waals surface area (Å²) in [4.78, 5) is 2.24. The molecular weight excluding hydrogens is 254 g/mol. The fourth-order valence-corrected chi connectivity index (χ4v) is 2.70. The van der Waals surface area contributed by atoms with E-state index in [-0.39, 0.29) is 11.5 Å². The van der Waals surface area contributed by atoms with Crippen molar-refractivity contribution < 1.29 is 0 Å². The average molecular weight is 274 g/mol. The minimum absolute atomic E-state index is 0.0583. The van der Waals surface area contributed by atoms with Crippen LogP contribution in [-0.4, -0.2) is 5.50 Å². The smallest absolute Gasteiger partial charge is 0.101 e. The van der Waals surface area contributed by atoms with E-state index in [0.29, 0.717) is 0 Å². The van der Waals surface area contributed by atoms with Gasteiger partial charge >= 0.3 is 0 Å². The SMILES string of the molecule is Cc1cccc(N(C(C)Cl)C(C)c2ccccc2)c1. The van der Waals surface area contributed by atoms with E-state index in [1.807, 2.05) is 13.0 Å². The Morgan fingerprint density at radius 3 is 2.21 bits per heavy atom. The molecule has 0 aliphatic heterocycles. The molecule has 2 heteroatoms. The molecule has 0 aromatic heterocycles. The van der Waals surface area contributed by atoms with Gasteiger partial charge in [-0.3, -0.25) is 0 Å². The van der Waals surface area contributed by atoms with Crippen LogP contribution < -0.4 is 4.90 Å². The molecule has 0 N–H and O–H groups in total. The molecule has 0 fully saturated rings. The molecule has 19 heavy (non-hydrogen) atoms. The molecule has 0 saturated carbocycles. The molecule has 1 nitrogen and oxygen atoms in total. The van der Waals surface area contributed by atoms with E-state index in [2.05, 4.69) is 67.3 Å². The largest absolute Gasteiger partial charge is 0.349 e. The molecule has 0 amide bonds. The molecule has 100 valence electrons. The van der Waals surface area contributed by atoms with Gasteiger partial charge in [-0.25, -0.2) is 0 Å². The van der Waals surface area contributed by atoms with Crippen LogP contribution in [0.1, 0.15) is 31.0 Å². The van der Waals surface area contributed by atoms with Crippen LogP contribution >= 0.6 is 11.6 Å². The van der Waals surface area contributed by atoms with Crippen molar-refractivity contribution in [3.63, 3.8) is 0 Å². The van der Waals surface area contributed by atoms with Crippen LogP contribution in [0.5, 0.6) is 0 Å². The second kappa shape index (κ2) is 6.12. The number of rotatable bonds is 4. The first kappa shape index (κ1) is 14.0. The second-order valence-corrected chi connectivity index (χ2v) is 5.54. The van der Waals surface area contributed by atoms with Crippen molar-refractivity contribution in [3.8, 4) is 0 Å². The van der Waals surface area contributed by atoms with Crippen LogP contribution in [0.2, 0.25) is 0 Å². The topological polar surface area (TPSA) is 3.24 Å². The first-order valence-corrected chi connectivity index (χ1v) is 7.07. The summed E-state index contributed by atoms with van der Waals surface area (Å²) in [6.07, 6.45) is 0. The zero-order chi connectivity index (χ0) is 13.8. The molecule has 0 spiro atoms. The maximum absolute atomic E-state index is 6.40. The van der Waals surface area contributed by atoms with E-state index in [1.165, 1.54) is 16.8 Å². The number of aryl methyl sites for hydroxylation is 1. The Hall–Kier alpha value is -1.47. The molecule has 0 bridgehead atoms. The van der Waals surface area contributed by atoms with Crippen molar-refractivity contribution in [1.29, 1.82) is 0 Å². The summed E-state index contributed by atoms with van der Waals surface area (Å²) in [6.45, 7) is 6.31. The highest BCUT2D eigenvalue weighted by atomic mass is 35.5. The summed E-state index contributed by atoms with van der Waals surface area (Å²) < 4.78 is 0. The number of benzene rings is 2. The van der Waals surface area contributed by atoms with Gasteiger partial charge < -0.3 is 4.90 Å². The summed E-state index contributed by atoms with van der Waals surface area (Å²) in [5, 5.41) is 0. The molecule has 0 saturated heterocycles. The van der Waals surface area contributed by atoms with Gasteiger partial charge in [-0.15, -0.1) is 0 Å². The molecule has 2 unspecified atom stereocenters. The molecule has 0 aliphatic rings. The van der Waals surface area contributed by atoms with Crippen LogP contribution in [0.15, 0.2) is 54.6 Å². The lowest BCUT2D eigenvalue weighted by atomic mass is 10.1. The number of halogens is 1. The summed E-state index contributed by atoms with van der Waals surface area (Å²) >= 11 is 6.40. The number of alkyl halides is 1. The van der Waals surface area contributed by atoms with Crippen molar-refractivity contribution in [3.05, 3.63) is 65.7 Å². The third-order valence-electron chi connectivity index (χ3n) is 3.38. The molecule has 0 heterocycles. The molecule has 0 aliphatic carbocycles. The summed E-state index contributed by atoms with van der Waals surface area (Å²) in [7, 11) is 0. The van der Waals surface area contributed by atoms with Gasteiger partial charge in [0.25, 0.3) is 0 Å². The first-order valence-electron chi connectivity index (χ1n) is 6.63. The van der Waals surface area contributed by atoms with Crippen molar-refractivity contribution in [1.82, 2.24) is 0 Å². The Labute approximate surface area is 120 Å². The normalized spacial score (nSPS) is 13.9. The minimum atomic E-state index is -0.0583. The standard InChI is InChI=1S/C17H20ClN/c1-13-8-7-11-17(12-13)19(15(3)18)14(2)16-9-5-4-6-10-16/h4-12,14-15H,1-3H3. The molecule has 2 rings (SSSR count). The Morgan fingerprint density at radius 2 is 1.63 bits per heavy atom.